The van der Waals surface area contributed by atoms with Crippen molar-refractivity contribution in [2.75, 3.05) is 0 Å². The summed E-state index contributed by atoms with van der Waals surface area (Å²) in [5.41, 5.74) is 7.28. The Morgan fingerprint density at radius 2 is 2.21 bits per heavy atom. The van der Waals surface area contributed by atoms with Crippen molar-refractivity contribution in [3.8, 4) is 0 Å². The Bertz CT molecular complexity index is 311. The molecule has 0 aromatic carbocycles. The van der Waals surface area contributed by atoms with Gasteiger partial charge in [0.1, 0.15) is 5.76 Å². The molecule has 2 N–H and O–H groups in total. The molecule has 0 radical (unpaired) electrons. The number of nitrogens with two attached hydrogens (primary N) is 1. The maximum absolute atomic E-state index is 11.6. The molecule has 0 fully saturated rings. The number of nitrogens with zero attached hydrogens (tertiary/aromatic N) is 1. The zero-order valence-electron chi connectivity index (χ0n) is 8.83. The molecule has 1 atom stereocenters. The van der Waals surface area contributed by atoms with E-state index in [4.69, 9.17) is 10.3 Å². The maximum Gasteiger partial charge on any atom is 0.154 e. The van der Waals surface area contributed by atoms with Crippen LogP contribution in [-0.2, 0) is 11.2 Å². The number of aromatic nitrogens is 1. The highest BCUT2D eigenvalue weighted by atomic mass is 16.5. The molecule has 1 aromatic rings. The molecule has 1 aromatic heterocycles. The molecule has 0 aliphatic rings. The largest absolute Gasteiger partial charge is 0.361 e. The van der Waals surface area contributed by atoms with Gasteiger partial charge in [-0.1, -0.05) is 12.1 Å². The van der Waals surface area contributed by atoms with Crippen LogP contribution in [0, 0.1) is 13.8 Å². The zero-order chi connectivity index (χ0) is 10.7. The molecule has 0 saturated heterocycles. The molecule has 78 valence electrons. The summed E-state index contributed by atoms with van der Waals surface area (Å²) in [7, 11) is 0. The van der Waals surface area contributed by atoms with Crippen LogP contribution in [0.4, 0.5) is 0 Å². The van der Waals surface area contributed by atoms with E-state index in [0.29, 0.717) is 18.6 Å². The molecule has 0 aliphatic carbocycles. The highest BCUT2D eigenvalue weighted by Crippen LogP contribution is 2.13. The third-order valence-electron chi connectivity index (χ3n) is 2.39. The van der Waals surface area contributed by atoms with Gasteiger partial charge in [-0.2, -0.15) is 0 Å². The Morgan fingerprint density at radius 3 is 2.64 bits per heavy atom. The number of rotatable bonds is 4. The molecule has 4 heteroatoms. The lowest BCUT2D eigenvalue weighted by molar-refractivity contribution is -0.119. The topological polar surface area (TPSA) is 69.1 Å². The first-order chi connectivity index (χ1) is 6.56. The van der Waals surface area contributed by atoms with Gasteiger partial charge in [-0.15, -0.1) is 0 Å². The fourth-order valence-electron chi connectivity index (χ4n) is 1.29. The molecule has 1 heterocycles. The normalized spacial score (nSPS) is 12.9. The smallest absolute Gasteiger partial charge is 0.154 e. The number of Topliss-reactive ketones (excluding diaryl/α,β-unsaturated/α-hetero) is 1. The summed E-state index contributed by atoms with van der Waals surface area (Å²) in [6.07, 6.45) is 0.998. The van der Waals surface area contributed by atoms with Crippen molar-refractivity contribution in [1.82, 2.24) is 5.16 Å². The van der Waals surface area contributed by atoms with E-state index in [9.17, 15) is 4.79 Å². The Morgan fingerprint density at radius 1 is 1.57 bits per heavy atom. The Hall–Kier alpha value is -1.16. The first-order valence-electron chi connectivity index (χ1n) is 4.76. The van der Waals surface area contributed by atoms with Crippen LogP contribution in [0.5, 0.6) is 0 Å². The molecule has 0 bridgehead atoms. The average Bonchev–Trinajstić information content (AvgIpc) is 2.48. The van der Waals surface area contributed by atoms with E-state index in [-0.39, 0.29) is 11.8 Å². The van der Waals surface area contributed by atoms with Gasteiger partial charge in [0, 0.05) is 12.0 Å². The van der Waals surface area contributed by atoms with E-state index >= 15 is 0 Å². The maximum atomic E-state index is 11.6. The van der Waals surface area contributed by atoms with Crippen LogP contribution in [0.1, 0.15) is 30.4 Å². The lowest BCUT2D eigenvalue weighted by Crippen LogP contribution is -2.31. The molecular formula is C10H16N2O2. The number of hydrogen-bond acceptors (Lipinski definition) is 4. The third-order valence-corrected chi connectivity index (χ3v) is 2.39. The molecule has 0 saturated carbocycles. The van der Waals surface area contributed by atoms with Gasteiger partial charge in [-0.05, 0) is 20.3 Å². The van der Waals surface area contributed by atoms with Crippen molar-refractivity contribution in [2.45, 2.75) is 39.7 Å². The van der Waals surface area contributed by atoms with Crippen molar-refractivity contribution in [1.29, 1.82) is 0 Å². The molecule has 0 amide bonds. The summed E-state index contributed by atoms with van der Waals surface area (Å²) >= 11 is 0. The minimum Gasteiger partial charge on any atom is -0.361 e. The summed E-state index contributed by atoms with van der Waals surface area (Å²) in [5, 5.41) is 3.79. The highest BCUT2D eigenvalue weighted by molar-refractivity contribution is 5.86. The summed E-state index contributed by atoms with van der Waals surface area (Å²) < 4.78 is 4.97. The second-order valence-corrected chi connectivity index (χ2v) is 3.46. The SMILES string of the molecule is CCC(N)C(=O)Cc1c(C)noc1C. The van der Waals surface area contributed by atoms with E-state index in [1.165, 1.54) is 0 Å². The van der Waals surface area contributed by atoms with Gasteiger partial charge in [0.15, 0.2) is 5.78 Å². The number of aryl methyl sites for hydroxylation is 2. The quantitative estimate of drug-likeness (QED) is 0.784. The lowest BCUT2D eigenvalue weighted by Gasteiger charge is -2.06. The van der Waals surface area contributed by atoms with Gasteiger partial charge in [-0.3, -0.25) is 4.79 Å². The number of carbonyl (C=O) groups excluding carboxylic acids is 1. The van der Waals surface area contributed by atoms with Crippen LogP contribution < -0.4 is 5.73 Å². The second kappa shape index (κ2) is 4.37. The molecule has 0 spiro atoms. The second-order valence-electron chi connectivity index (χ2n) is 3.46. The van der Waals surface area contributed by atoms with Crippen molar-refractivity contribution in [3.63, 3.8) is 0 Å². The summed E-state index contributed by atoms with van der Waals surface area (Å²) in [6.45, 7) is 5.53. The summed E-state index contributed by atoms with van der Waals surface area (Å²) in [6, 6.07) is -0.372. The molecule has 1 rings (SSSR count). The predicted molar refractivity (Wildman–Crippen MR) is 53.0 cm³/mol. The monoisotopic (exact) mass is 196 g/mol. The molecule has 1 unspecified atom stereocenters. The Balaban J connectivity index is 2.74. The fourth-order valence-corrected chi connectivity index (χ4v) is 1.29. The highest BCUT2D eigenvalue weighted by Gasteiger charge is 2.17. The van der Waals surface area contributed by atoms with Crippen LogP contribution in [0.3, 0.4) is 0 Å². The predicted octanol–water partition coefficient (Wildman–Crippen LogP) is 1.14. The van der Waals surface area contributed by atoms with Crippen LogP contribution in [0.2, 0.25) is 0 Å². The molecular weight excluding hydrogens is 180 g/mol. The average molecular weight is 196 g/mol. The van der Waals surface area contributed by atoms with Crippen LogP contribution in [0.15, 0.2) is 4.52 Å². The van der Waals surface area contributed by atoms with E-state index in [2.05, 4.69) is 5.16 Å². The van der Waals surface area contributed by atoms with Gasteiger partial charge in [0.05, 0.1) is 11.7 Å². The van der Waals surface area contributed by atoms with E-state index < -0.39 is 0 Å². The number of hydrogen-bond donors (Lipinski definition) is 1. The standard InChI is InChI=1S/C10H16N2O2/c1-4-9(11)10(13)5-8-6(2)12-14-7(8)3/h9H,4-5,11H2,1-3H3. The summed E-state index contributed by atoms with van der Waals surface area (Å²) in [4.78, 5) is 11.6. The van der Waals surface area contributed by atoms with Crippen molar-refractivity contribution in [2.24, 2.45) is 5.73 Å². The Labute approximate surface area is 83.5 Å². The Kier molecular flexibility index (Phi) is 3.41. The van der Waals surface area contributed by atoms with Crippen LogP contribution in [-0.4, -0.2) is 17.0 Å². The van der Waals surface area contributed by atoms with Gasteiger partial charge in [0.2, 0.25) is 0 Å². The number of ketones is 1. The van der Waals surface area contributed by atoms with Crippen molar-refractivity contribution < 1.29 is 9.32 Å². The minimum atomic E-state index is -0.372. The van der Waals surface area contributed by atoms with Crippen molar-refractivity contribution in [3.05, 3.63) is 17.0 Å². The van der Waals surface area contributed by atoms with E-state index in [0.717, 1.165) is 11.3 Å². The lowest BCUT2D eigenvalue weighted by atomic mass is 10.0. The van der Waals surface area contributed by atoms with E-state index in [1.807, 2.05) is 13.8 Å². The molecule has 4 nitrogen and oxygen atoms in total. The third kappa shape index (κ3) is 2.20. The minimum absolute atomic E-state index is 0.0434. The molecule has 14 heavy (non-hydrogen) atoms. The summed E-state index contributed by atoms with van der Waals surface area (Å²) in [5.74, 6) is 0.751. The van der Waals surface area contributed by atoms with Crippen LogP contribution >= 0.6 is 0 Å². The van der Waals surface area contributed by atoms with Gasteiger partial charge >= 0.3 is 0 Å². The number of carbonyl (C=O) groups is 1. The van der Waals surface area contributed by atoms with Gasteiger partial charge in [0.25, 0.3) is 0 Å². The first-order valence-corrected chi connectivity index (χ1v) is 4.76. The van der Waals surface area contributed by atoms with Crippen LogP contribution in [0.25, 0.3) is 0 Å². The zero-order valence-corrected chi connectivity index (χ0v) is 8.83. The first kappa shape index (κ1) is 10.9. The van der Waals surface area contributed by atoms with E-state index in [1.54, 1.807) is 6.92 Å². The molecule has 0 aliphatic heterocycles. The fraction of sp³-hybridized carbons (Fsp3) is 0.600. The van der Waals surface area contributed by atoms with Crippen molar-refractivity contribution >= 4 is 5.78 Å². The van der Waals surface area contributed by atoms with Gasteiger partial charge in [-0.25, -0.2) is 0 Å². The van der Waals surface area contributed by atoms with Gasteiger partial charge < -0.3 is 10.3 Å².